The number of carbonyl (C=O) groups is 2. The van der Waals surface area contributed by atoms with Gasteiger partial charge in [0, 0.05) is 29.7 Å². The Morgan fingerprint density at radius 2 is 1.90 bits per heavy atom. The second-order valence-corrected chi connectivity index (χ2v) is 8.31. The molecule has 1 aromatic carbocycles. The largest absolute Gasteiger partial charge is 0.330 e. The van der Waals surface area contributed by atoms with E-state index in [2.05, 4.69) is 15.3 Å². The molecule has 0 spiro atoms. The first-order valence-corrected chi connectivity index (χ1v) is 10.6. The summed E-state index contributed by atoms with van der Waals surface area (Å²) in [4.78, 5) is 37.2. The standard InChI is InChI=1S/C23H21ClN4O2/c24-14-10-11-19(25-12-14)27-22(29)20-16-8-4-5-9-18(16)26-21-17(20)13-28(23(21)30)15-6-2-1-3-7-15/h4-5,8-12,15H,1-3,6-7,13H2,(H,25,27,29). The van der Waals surface area contributed by atoms with Crippen LogP contribution >= 0.6 is 11.6 Å². The van der Waals surface area contributed by atoms with Gasteiger partial charge in [-0.1, -0.05) is 49.1 Å². The molecule has 3 aromatic rings. The summed E-state index contributed by atoms with van der Waals surface area (Å²) < 4.78 is 0. The van der Waals surface area contributed by atoms with Crippen molar-refractivity contribution in [1.82, 2.24) is 14.9 Å². The van der Waals surface area contributed by atoms with Crippen molar-refractivity contribution in [3.63, 3.8) is 0 Å². The van der Waals surface area contributed by atoms with Gasteiger partial charge in [-0.05, 0) is 31.0 Å². The van der Waals surface area contributed by atoms with Gasteiger partial charge < -0.3 is 10.2 Å². The smallest absolute Gasteiger partial charge is 0.273 e. The first kappa shape index (κ1) is 19.0. The van der Waals surface area contributed by atoms with Gasteiger partial charge in [-0.3, -0.25) is 9.59 Å². The molecule has 1 aliphatic carbocycles. The second-order valence-electron chi connectivity index (χ2n) is 7.87. The van der Waals surface area contributed by atoms with E-state index in [0.29, 0.717) is 39.7 Å². The number of rotatable bonds is 3. The Morgan fingerprint density at radius 1 is 1.10 bits per heavy atom. The molecule has 0 bridgehead atoms. The van der Waals surface area contributed by atoms with Crippen LogP contribution in [-0.4, -0.2) is 32.7 Å². The normalized spacial score (nSPS) is 16.7. The van der Waals surface area contributed by atoms with Gasteiger partial charge in [0.05, 0.1) is 16.1 Å². The maximum Gasteiger partial charge on any atom is 0.273 e. The summed E-state index contributed by atoms with van der Waals surface area (Å²) in [5.74, 6) is 0.0480. The summed E-state index contributed by atoms with van der Waals surface area (Å²) in [6.07, 6.45) is 6.99. The molecule has 30 heavy (non-hydrogen) atoms. The van der Waals surface area contributed by atoms with E-state index in [1.807, 2.05) is 29.2 Å². The van der Waals surface area contributed by atoms with E-state index in [4.69, 9.17) is 11.6 Å². The van der Waals surface area contributed by atoms with Crippen LogP contribution in [0.15, 0.2) is 42.6 Å². The lowest BCUT2D eigenvalue weighted by molar-refractivity contribution is 0.0655. The van der Waals surface area contributed by atoms with Crippen molar-refractivity contribution >= 4 is 40.1 Å². The monoisotopic (exact) mass is 420 g/mol. The number of hydrogen-bond acceptors (Lipinski definition) is 4. The molecule has 3 heterocycles. The Hall–Kier alpha value is -2.99. The first-order chi connectivity index (χ1) is 14.6. The molecule has 0 radical (unpaired) electrons. The van der Waals surface area contributed by atoms with Crippen LogP contribution in [0.25, 0.3) is 10.9 Å². The number of fused-ring (bicyclic) bond motifs is 2. The fourth-order valence-corrected chi connectivity index (χ4v) is 4.65. The van der Waals surface area contributed by atoms with Crippen molar-refractivity contribution in [3.8, 4) is 0 Å². The van der Waals surface area contributed by atoms with Gasteiger partial charge in [0.1, 0.15) is 11.5 Å². The second kappa shape index (κ2) is 7.69. The van der Waals surface area contributed by atoms with Crippen LogP contribution in [0.4, 0.5) is 5.82 Å². The van der Waals surface area contributed by atoms with Gasteiger partial charge in [-0.25, -0.2) is 9.97 Å². The molecule has 2 aromatic heterocycles. The molecule has 1 fully saturated rings. The molecule has 152 valence electrons. The lowest BCUT2D eigenvalue weighted by Crippen LogP contribution is -2.37. The fraction of sp³-hybridized carbons (Fsp3) is 0.304. The highest BCUT2D eigenvalue weighted by Gasteiger charge is 2.38. The van der Waals surface area contributed by atoms with Gasteiger partial charge in [0.15, 0.2) is 0 Å². The minimum Gasteiger partial charge on any atom is -0.330 e. The number of carbonyl (C=O) groups excluding carboxylic acids is 2. The number of amides is 2. The topological polar surface area (TPSA) is 75.2 Å². The summed E-state index contributed by atoms with van der Waals surface area (Å²) >= 11 is 5.90. The summed E-state index contributed by atoms with van der Waals surface area (Å²) in [5.41, 5.74) is 2.24. The van der Waals surface area contributed by atoms with Crippen molar-refractivity contribution in [1.29, 1.82) is 0 Å². The zero-order valence-corrected chi connectivity index (χ0v) is 17.2. The highest BCUT2D eigenvalue weighted by molar-refractivity contribution is 6.30. The quantitative estimate of drug-likeness (QED) is 0.658. The van der Waals surface area contributed by atoms with E-state index >= 15 is 0 Å². The van der Waals surface area contributed by atoms with Gasteiger partial charge in [0.25, 0.3) is 11.8 Å². The maximum atomic E-state index is 13.3. The molecule has 2 amide bonds. The summed E-state index contributed by atoms with van der Waals surface area (Å²) in [6.45, 7) is 0.424. The Balaban J connectivity index is 1.57. The van der Waals surface area contributed by atoms with Crippen LogP contribution in [0.1, 0.15) is 58.5 Å². The Labute approximate surface area is 179 Å². The third kappa shape index (κ3) is 3.31. The number of para-hydroxylation sites is 1. The molecule has 1 aliphatic heterocycles. The van der Waals surface area contributed by atoms with Gasteiger partial charge in [-0.15, -0.1) is 0 Å². The number of benzene rings is 1. The van der Waals surface area contributed by atoms with Crippen molar-refractivity contribution in [2.24, 2.45) is 0 Å². The first-order valence-electron chi connectivity index (χ1n) is 10.3. The average Bonchev–Trinajstić information content (AvgIpc) is 3.10. The van der Waals surface area contributed by atoms with Crippen molar-refractivity contribution in [2.45, 2.75) is 44.7 Å². The third-order valence-corrected chi connectivity index (χ3v) is 6.22. The molecule has 0 saturated heterocycles. The number of pyridine rings is 2. The summed E-state index contributed by atoms with van der Waals surface area (Å²) in [6, 6.07) is 11.0. The number of anilines is 1. The maximum absolute atomic E-state index is 13.3. The Morgan fingerprint density at radius 3 is 2.67 bits per heavy atom. The van der Waals surface area contributed by atoms with E-state index in [1.54, 1.807) is 12.1 Å². The van der Waals surface area contributed by atoms with Crippen LogP contribution in [0.2, 0.25) is 5.02 Å². The summed E-state index contributed by atoms with van der Waals surface area (Å²) in [7, 11) is 0. The van der Waals surface area contributed by atoms with E-state index < -0.39 is 0 Å². The molecule has 0 unspecified atom stereocenters. The number of nitrogens with zero attached hydrogens (tertiary/aromatic N) is 3. The third-order valence-electron chi connectivity index (χ3n) is 6.00. The van der Waals surface area contributed by atoms with E-state index in [1.165, 1.54) is 12.6 Å². The molecule has 0 atom stereocenters. The lowest BCUT2D eigenvalue weighted by Gasteiger charge is -2.30. The highest BCUT2D eigenvalue weighted by atomic mass is 35.5. The molecule has 2 aliphatic rings. The van der Waals surface area contributed by atoms with Crippen LogP contribution < -0.4 is 5.32 Å². The number of hydrogen-bond donors (Lipinski definition) is 1. The fourth-order valence-electron chi connectivity index (χ4n) is 4.54. The van der Waals surface area contributed by atoms with Gasteiger partial charge >= 0.3 is 0 Å². The predicted octanol–water partition coefficient (Wildman–Crippen LogP) is 4.82. The van der Waals surface area contributed by atoms with E-state index in [-0.39, 0.29) is 17.9 Å². The molecular weight excluding hydrogens is 400 g/mol. The predicted molar refractivity (Wildman–Crippen MR) is 116 cm³/mol. The minimum atomic E-state index is -0.294. The van der Waals surface area contributed by atoms with E-state index in [0.717, 1.165) is 31.1 Å². The van der Waals surface area contributed by atoms with Crippen LogP contribution in [0.3, 0.4) is 0 Å². The highest BCUT2D eigenvalue weighted by Crippen LogP contribution is 2.35. The zero-order valence-electron chi connectivity index (χ0n) is 16.4. The lowest BCUT2D eigenvalue weighted by atomic mass is 9.94. The van der Waals surface area contributed by atoms with Crippen molar-refractivity contribution in [3.05, 3.63) is 64.4 Å². The molecule has 7 heteroatoms. The number of nitrogens with one attached hydrogen (secondary N) is 1. The average molecular weight is 421 g/mol. The van der Waals surface area contributed by atoms with Crippen LogP contribution in [-0.2, 0) is 6.54 Å². The van der Waals surface area contributed by atoms with Gasteiger partial charge in [-0.2, -0.15) is 0 Å². The minimum absolute atomic E-state index is 0.0682. The molecule has 1 saturated carbocycles. The Bertz CT molecular complexity index is 1140. The number of aromatic nitrogens is 2. The van der Waals surface area contributed by atoms with E-state index in [9.17, 15) is 9.59 Å². The molecule has 1 N–H and O–H groups in total. The SMILES string of the molecule is O=C(Nc1ccc(Cl)cn1)c1c2c(nc3ccccc13)C(=O)N(C1CCCCC1)C2. The summed E-state index contributed by atoms with van der Waals surface area (Å²) in [5, 5.41) is 4.08. The zero-order chi connectivity index (χ0) is 20.7. The van der Waals surface area contributed by atoms with Crippen LogP contribution in [0, 0.1) is 0 Å². The van der Waals surface area contributed by atoms with Crippen LogP contribution in [0.5, 0.6) is 0 Å². The van der Waals surface area contributed by atoms with Crippen molar-refractivity contribution in [2.75, 3.05) is 5.32 Å². The Kier molecular flexibility index (Phi) is 4.87. The molecule has 5 rings (SSSR count). The van der Waals surface area contributed by atoms with Crippen molar-refractivity contribution < 1.29 is 9.59 Å². The molecular formula is C23H21ClN4O2. The molecule has 6 nitrogen and oxygen atoms in total. The van der Waals surface area contributed by atoms with Gasteiger partial charge in [0.2, 0.25) is 0 Å². The number of halogens is 1.